The van der Waals surface area contributed by atoms with Gasteiger partial charge in [0.05, 0.1) is 18.4 Å². The molecule has 0 radical (unpaired) electrons. The lowest BCUT2D eigenvalue weighted by atomic mass is 9.74. The van der Waals surface area contributed by atoms with Crippen molar-refractivity contribution in [3.8, 4) is 0 Å². The monoisotopic (exact) mass is 237 g/mol. The predicted octanol–water partition coefficient (Wildman–Crippen LogP) is 0.466. The van der Waals surface area contributed by atoms with Gasteiger partial charge in [0.2, 0.25) is 5.91 Å². The summed E-state index contributed by atoms with van der Waals surface area (Å²) >= 11 is 0. The molecule has 1 aliphatic carbocycles. The van der Waals surface area contributed by atoms with E-state index in [0.717, 1.165) is 25.0 Å². The number of amides is 1. The fraction of sp³-hybridized carbons (Fsp3) is 0.545. The van der Waals surface area contributed by atoms with Gasteiger partial charge in [0.25, 0.3) is 0 Å². The van der Waals surface area contributed by atoms with E-state index in [0.29, 0.717) is 0 Å². The second-order valence-corrected chi connectivity index (χ2v) is 4.51. The van der Waals surface area contributed by atoms with Gasteiger partial charge in [0, 0.05) is 11.9 Å². The van der Waals surface area contributed by atoms with Gasteiger partial charge in [-0.1, -0.05) is 0 Å². The molecule has 6 nitrogen and oxygen atoms in total. The Morgan fingerprint density at radius 3 is 2.76 bits per heavy atom. The van der Waals surface area contributed by atoms with Crippen LogP contribution in [0.4, 0.5) is 0 Å². The molecule has 1 fully saturated rings. The Morgan fingerprint density at radius 1 is 1.53 bits per heavy atom. The first kappa shape index (κ1) is 11.6. The summed E-state index contributed by atoms with van der Waals surface area (Å²) in [6.07, 6.45) is 4.25. The molecular formula is C11H15N3O3. The summed E-state index contributed by atoms with van der Waals surface area (Å²) in [5, 5.41) is 18.1. The van der Waals surface area contributed by atoms with Gasteiger partial charge in [-0.05, 0) is 25.3 Å². The van der Waals surface area contributed by atoms with Crippen molar-refractivity contribution >= 4 is 11.9 Å². The van der Waals surface area contributed by atoms with E-state index in [-0.39, 0.29) is 18.7 Å². The molecule has 17 heavy (non-hydrogen) atoms. The van der Waals surface area contributed by atoms with Crippen molar-refractivity contribution in [2.75, 3.05) is 0 Å². The van der Waals surface area contributed by atoms with Gasteiger partial charge < -0.3 is 10.4 Å². The number of aromatic nitrogens is 2. The molecule has 0 bridgehead atoms. The van der Waals surface area contributed by atoms with Gasteiger partial charge in [-0.15, -0.1) is 0 Å². The van der Waals surface area contributed by atoms with Crippen LogP contribution in [0.3, 0.4) is 0 Å². The fourth-order valence-corrected chi connectivity index (χ4v) is 2.14. The van der Waals surface area contributed by atoms with Crippen LogP contribution in [0.1, 0.15) is 31.4 Å². The standard InChI is InChI=1S/C11H15N3O3/c15-9(6-8-2-5-12-14-8)13-11(3-1-4-11)7-10(16)17/h2,5H,1,3-4,6-7H2,(H,12,14)(H,13,15)(H,16,17). The van der Waals surface area contributed by atoms with Crippen LogP contribution in [-0.4, -0.2) is 32.7 Å². The summed E-state index contributed by atoms with van der Waals surface area (Å²) in [6, 6.07) is 1.73. The fourth-order valence-electron chi connectivity index (χ4n) is 2.14. The summed E-state index contributed by atoms with van der Waals surface area (Å²) in [4.78, 5) is 22.5. The quantitative estimate of drug-likeness (QED) is 0.693. The third-order valence-electron chi connectivity index (χ3n) is 3.11. The number of carbonyl (C=O) groups is 2. The molecule has 1 heterocycles. The number of nitrogens with zero attached hydrogens (tertiary/aromatic N) is 1. The largest absolute Gasteiger partial charge is 0.481 e. The van der Waals surface area contributed by atoms with Crippen LogP contribution in [-0.2, 0) is 16.0 Å². The molecule has 0 aliphatic heterocycles. The number of rotatable bonds is 5. The molecule has 6 heteroatoms. The summed E-state index contributed by atoms with van der Waals surface area (Å²) in [5.41, 5.74) is 0.204. The van der Waals surface area contributed by atoms with E-state index in [9.17, 15) is 9.59 Å². The van der Waals surface area contributed by atoms with Gasteiger partial charge in [0.15, 0.2) is 0 Å². The molecular weight excluding hydrogens is 222 g/mol. The summed E-state index contributed by atoms with van der Waals surface area (Å²) in [7, 11) is 0. The minimum atomic E-state index is -0.869. The SMILES string of the molecule is O=C(O)CC1(NC(=O)Cc2ccn[nH]2)CCC1. The molecule has 2 rings (SSSR count). The number of hydrogen-bond acceptors (Lipinski definition) is 3. The van der Waals surface area contributed by atoms with Crippen LogP contribution in [0, 0.1) is 0 Å². The maximum atomic E-state index is 11.7. The zero-order chi connectivity index (χ0) is 12.3. The van der Waals surface area contributed by atoms with Crippen LogP contribution in [0.5, 0.6) is 0 Å². The third kappa shape index (κ3) is 2.83. The van der Waals surface area contributed by atoms with Crippen LogP contribution in [0.2, 0.25) is 0 Å². The second kappa shape index (κ2) is 4.57. The van der Waals surface area contributed by atoms with E-state index in [4.69, 9.17) is 5.11 Å². The minimum absolute atomic E-state index is 0.00170. The number of aromatic amines is 1. The average Bonchev–Trinajstić information content (AvgIpc) is 2.66. The van der Waals surface area contributed by atoms with Gasteiger partial charge in [-0.25, -0.2) is 0 Å². The average molecular weight is 237 g/mol. The molecule has 1 aromatic rings. The number of carboxylic acid groups (broad SMARTS) is 1. The molecule has 0 atom stereocenters. The van der Waals surface area contributed by atoms with Crippen molar-refractivity contribution < 1.29 is 14.7 Å². The van der Waals surface area contributed by atoms with Crippen LogP contribution in [0.15, 0.2) is 12.3 Å². The molecule has 92 valence electrons. The Labute approximate surface area is 98.4 Å². The number of carboxylic acids is 1. The number of hydrogen-bond donors (Lipinski definition) is 3. The van der Waals surface area contributed by atoms with E-state index in [1.54, 1.807) is 12.3 Å². The summed E-state index contributed by atoms with van der Waals surface area (Å²) in [6.45, 7) is 0. The van der Waals surface area contributed by atoms with E-state index < -0.39 is 11.5 Å². The number of nitrogens with one attached hydrogen (secondary N) is 2. The summed E-state index contributed by atoms with van der Waals surface area (Å²) in [5.74, 6) is -1.03. The second-order valence-electron chi connectivity index (χ2n) is 4.51. The van der Waals surface area contributed by atoms with Crippen molar-refractivity contribution in [3.63, 3.8) is 0 Å². The lowest BCUT2D eigenvalue weighted by molar-refractivity contribution is -0.140. The first-order chi connectivity index (χ1) is 8.10. The number of aliphatic carboxylic acids is 1. The van der Waals surface area contributed by atoms with Crippen LogP contribution in [0.25, 0.3) is 0 Å². The molecule has 1 amide bonds. The van der Waals surface area contributed by atoms with E-state index >= 15 is 0 Å². The third-order valence-corrected chi connectivity index (χ3v) is 3.11. The Bertz CT molecular complexity index is 410. The van der Waals surface area contributed by atoms with Crippen molar-refractivity contribution in [1.29, 1.82) is 0 Å². The maximum Gasteiger partial charge on any atom is 0.305 e. The van der Waals surface area contributed by atoms with Crippen LogP contribution >= 0.6 is 0 Å². The lowest BCUT2D eigenvalue weighted by Crippen LogP contribution is -2.55. The molecule has 0 unspecified atom stereocenters. The molecule has 0 aromatic carbocycles. The Hall–Kier alpha value is -1.85. The first-order valence-electron chi connectivity index (χ1n) is 5.61. The highest BCUT2D eigenvalue weighted by Gasteiger charge is 2.40. The molecule has 1 aromatic heterocycles. The van der Waals surface area contributed by atoms with E-state index in [1.165, 1.54) is 0 Å². The zero-order valence-corrected chi connectivity index (χ0v) is 9.40. The van der Waals surface area contributed by atoms with Crippen molar-refractivity contribution in [2.24, 2.45) is 0 Å². The molecule has 0 saturated heterocycles. The zero-order valence-electron chi connectivity index (χ0n) is 9.40. The van der Waals surface area contributed by atoms with Gasteiger partial charge in [0.1, 0.15) is 0 Å². The van der Waals surface area contributed by atoms with Crippen molar-refractivity contribution in [3.05, 3.63) is 18.0 Å². The Balaban J connectivity index is 1.90. The van der Waals surface area contributed by atoms with Crippen molar-refractivity contribution in [1.82, 2.24) is 15.5 Å². The van der Waals surface area contributed by atoms with Gasteiger partial charge in [-0.2, -0.15) is 5.10 Å². The van der Waals surface area contributed by atoms with Gasteiger partial charge in [-0.3, -0.25) is 14.7 Å². The highest BCUT2D eigenvalue weighted by Crippen LogP contribution is 2.34. The highest BCUT2D eigenvalue weighted by atomic mass is 16.4. The molecule has 3 N–H and O–H groups in total. The first-order valence-corrected chi connectivity index (χ1v) is 5.61. The van der Waals surface area contributed by atoms with Gasteiger partial charge >= 0.3 is 5.97 Å². The highest BCUT2D eigenvalue weighted by molar-refractivity contribution is 5.80. The smallest absolute Gasteiger partial charge is 0.305 e. The predicted molar refractivity (Wildman–Crippen MR) is 59.3 cm³/mol. The minimum Gasteiger partial charge on any atom is -0.481 e. The van der Waals surface area contributed by atoms with E-state index in [2.05, 4.69) is 15.5 Å². The summed E-state index contributed by atoms with van der Waals surface area (Å²) < 4.78 is 0. The number of H-pyrrole nitrogens is 1. The molecule has 1 saturated carbocycles. The Kier molecular flexibility index (Phi) is 3.12. The van der Waals surface area contributed by atoms with Crippen LogP contribution < -0.4 is 5.32 Å². The lowest BCUT2D eigenvalue weighted by Gasteiger charge is -2.41. The Morgan fingerprint density at radius 2 is 2.29 bits per heavy atom. The number of carbonyl (C=O) groups excluding carboxylic acids is 1. The molecule has 0 spiro atoms. The maximum absolute atomic E-state index is 11.7. The van der Waals surface area contributed by atoms with Crippen molar-refractivity contribution in [2.45, 2.75) is 37.6 Å². The normalized spacial score (nSPS) is 17.2. The topological polar surface area (TPSA) is 95.1 Å². The van der Waals surface area contributed by atoms with E-state index in [1.807, 2.05) is 0 Å². The molecule has 1 aliphatic rings.